The van der Waals surface area contributed by atoms with Gasteiger partial charge >= 0.3 is 5.97 Å². The van der Waals surface area contributed by atoms with Gasteiger partial charge in [-0.3, -0.25) is 9.59 Å². The van der Waals surface area contributed by atoms with Gasteiger partial charge in [0.05, 0.1) is 29.1 Å². The molecule has 2 aromatic heterocycles. The highest BCUT2D eigenvalue weighted by molar-refractivity contribution is 7.14. The number of esters is 1. The Bertz CT molecular complexity index is 992. The Labute approximate surface area is 240 Å². The Balaban J connectivity index is 0. The summed E-state index contributed by atoms with van der Waals surface area (Å²) in [4.78, 5) is 28.1. The number of hydrogen-bond donors (Lipinski definition) is 0. The summed E-state index contributed by atoms with van der Waals surface area (Å²) >= 11 is 3.20. The zero-order valence-corrected chi connectivity index (χ0v) is 27.1. The molecule has 0 aliphatic heterocycles. The number of rotatable bonds is 9. The summed E-state index contributed by atoms with van der Waals surface area (Å²) in [6.45, 7) is 18.2. The van der Waals surface area contributed by atoms with E-state index in [2.05, 4.69) is 54.8 Å². The van der Waals surface area contributed by atoms with E-state index in [1.807, 2.05) is 52.1 Å². The summed E-state index contributed by atoms with van der Waals surface area (Å²) in [6, 6.07) is 12.7. The van der Waals surface area contributed by atoms with Gasteiger partial charge in [-0.1, -0.05) is 92.5 Å². The molecule has 0 bridgehead atoms. The van der Waals surface area contributed by atoms with Gasteiger partial charge in [0.25, 0.3) is 0 Å². The Morgan fingerprint density at radius 2 is 1.45 bits per heavy atom. The van der Waals surface area contributed by atoms with Crippen molar-refractivity contribution < 1.29 is 14.3 Å². The molecule has 6 heteroatoms. The molecule has 0 saturated heterocycles. The quantitative estimate of drug-likeness (QED) is 0.193. The normalized spacial score (nSPS) is 9.21. The van der Waals surface area contributed by atoms with Crippen LogP contribution >= 0.6 is 22.7 Å². The van der Waals surface area contributed by atoms with Crippen LogP contribution in [0.4, 0.5) is 0 Å². The maximum Gasteiger partial charge on any atom is 0.311 e. The lowest BCUT2D eigenvalue weighted by Gasteiger charge is -2.04. The standard InChI is InChI=1S/C11H16.C9H12OS.C8H11NO2S.2C2H6/c1-3-7-11-9-6-5-8-10(11)4-2;1-3-4-8-5-6-9(11-8)7(2)10;1-3-7-9-6(5-12-7)4-8(10)11-2;2*1-2/h5-6,8-9H,3-4,7H2,1-2H3;5-6H,3-4H2,1-2H3;5H,3-4H2,1-2H3;2*1-2H3. The van der Waals surface area contributed by atoms with Crippen LogP contribution in [0, 0.1) is 0 Å². The van der Waals surface area contributed by atoms with E-state index in [1.165, 1.54) is 36.0 Å². The number of methoxy groups -OCH3 is 1. The first-order valence-corrected chi connectivity index (χ1v) is 15.7. The highest BCUT2D eigenvalue weighted by Gasteiger charge is 2.06. The van der Waals surface area contributed by atoms with Crippen LogP contribution in [0.1, 0.15) is 112 Å². The average Bonchev–Trinajstić information content (AvgIpc) is 3.62. The molecule has 0 unspecified atom stereocenters. The van der Waals surface area contributed by atoms with Crippen LogP contribution in [-0.4, -0.2) is 23.8 Å². The second kappa shape index (κ2) is 25.0. The third kappa shape index (κ3) is 16.5. The smallest absolute Gasteiger partial charge is 0.311 e. The number of ketones is 1. The second-order valence-electron chi connectivity index (χ2n) is 7.78. The predicted octanol–water partition coefficient (Wildman–Crippen LogP) is 9.58. The number of thiazole rings is 1. The van der Waals surface area contributed by atoms with Gasteiger partial charge in [0.15, 0.2) is 5.78 Å². The molecule has 0 aliphatic carbocycles. The van der Waals surface area contributed by atoms with Crippen molar-refractivity contribution in [3.05, 3.63) is 73.4 Å². The molecule has 4 nitrogen and oxygen atoms in total. The Morgan fingerprint density at radius 3 is 1.89 bits per heavy atom. The molecule has 2 heterocycles. The molecular formula is C32H51NO3S2. The van der Waals surface area contributed by atoms with E-state index in [4.69, 9.17) is 0 Å². The fourth-order valence-corrected chi connectivity index (χ4v) is 4.93. The lowest BCUT2D eigenvalue weighted by molar-refractivity contribution is -0.139. The van der Waals surface area contributed by atoms with Crippen molar-refractivity contribution in [2.24, 2.45) is 0 Å². The Morgan fingerprint density at radius 1 is 0.842 bits per heavy atom. The van der Waals surface area contributed by atoms with E-state index >= 15 is 0 Å². The van der Waals surface area contributed by atoms with Crippen LogP contribution < -0.4 is 0 Å². The zero-order valence-electron chi connectivity index (χ0n) is 25.5. The van der Waals surface area contributed by atoms with Crippen LogP contribution in [0.3, 0.4) is 0 Å². The molecule has 3 aromatic rings. The molecule has 0 saturated carbocycles. The van der Waals surface area contributed by atoms with Crippen molar-refractivity contribution in [1.82, 2.24) is 4.98 Å². The Kier molecular flexibility index (Phi) is 24.9. The van der Waals surface area contributed by atoms with Gasteiger partial charge in [0.1, 0.15) is 0 Å². The fourth-order valence-electron chi connectivity index (χ4n) is 3.18. The number of aromatic nitrogens is 1. The molecule has 214 valence electrons. The van der Waals surface area contributed by atoms with Crippen LogP contribution in [-0.2, 0) is 41.6 Å². The van der Waals surface area contributed by atoms with Gasteiger partial charge in [-0.05, 0) is 55.9 Å². The van der Waals surface area contributed by atoms with E-state index in [0.29, 0.717) is 0 Å². The van der Waals surface area contributed by atoms with Crippen molar-refractivity contribution in [2.45, 2.75) is 107 Å². The number of nitrogens with zero attached hydrogens (tertiary/aromatic N) is 1. The SMILES string of the molecule is CC.CC.CCCc1ccc(C(C)=O)s1.CCCc1ccccc1CC.CCc1nc(CC(=O)OC)cs1. The van der Waals surface area contributed by atoms with E-state index in [9.17, 15) is 9.59 Å². The van der Waals surface area contributed by atoms with Crippen LogP contribution in [0.15, 0.2) is 41.8 Å². The van der Waals surface area contributed by atoms with Gasteiger partial charge in [0, 0.05) is 10.3 Å². The first-order valence-electron chi connectivity index (χ1n) is 14.0. The summed E-state index contributed by atoms with van der Waals surface area (Å²) < 4.78 is 4.52. The third-order valence-electron chi connectivity index (χ3n) is 4.98. The largest absolute Gasteiger partial charge is 0.469 e. The van der Waals surface area contributed by atoms with Crippen molar-refractivity contribution >= 4 is 34.4 Å². The van der Waals surface area contributed by atoms with Crippen molar-refractivity contribution in [3.63, 3.8) is 0 Å². The lowest BCUT2D eigenvalue weighted by atomic mass is 10.0. The van der Waals surface area contributed by atoms with Crippen LogP contribution in [0.25, 0.3) is 0 Å². The topological polar surface area (TPSA) is 56.3 Å². The molecule has 1 aromatic carbocycles. The Hall–Kier alpha value is -2.31. The highest BCUT2D eigenvalue weighted by Crippen LogP contribution is 2.18. The van der Waals surface area contributed by atoms with Gasteiger partial charge in [-0.15, -0.1) is 22.7 Å². The number of carbonyl (C=O) groups is 2. The zero-order chi connectivity index (χ0) is 29.3. The number of ether oxygens (including phenoxy) is 1. The van der Waals surface area contributed by atoms with Crippen LogP contribution in [0.2, 0.25) is 0 Å². The van der Waals surface area contributed by atoms with Crippen LogP contribution in [0.5, 0.6) is 0 Å². The number of Topliss-reactive ketones (excluding diaryl/α,β-unsaturated/α-hetero) is 1. The summed E-state index contributed by atoms with van der Waals surface area (Å²) in [5, 5.41) is 2.96. The van der Waals surface area contributed by atoms with E-state index in [1.54, 1.807) is 29.6 Å². The van der Waals surface area contributed by atoms with Gasteiger partial charge in [-0.2, -0.15) is 0 Å². The minimum absolute atomic E-state index is 0.178. The molecule has 0 aliphatic rings. The summed E-state index contributed by atoms with van der Waals surface area (Å²) in [6.07, 6.45) is 7.09. The maximum absolute atomic E-state index is 10.9. The average molecular weight is 562 g/mol. The molecular weight excluding hydrogens is 510 g/mol. The molecule has 0 N–H and O–H groups in total. The third-order valence-corrected chi connectivity index (χ3v) is 7.27. The van der Waals surface area contributed by atoms with Gasteiger partial charge in [-0.25, -0.2) is 4.98 Å². The minimum Gasteiger partial charge on any atom is -0.469 e. The number of benzene rings is 1. The summed E-state index contributed by atoms with van der Waals surface area (Å²) in [7, 11) is 1.38. The van der Waals surface area contributed by atoms with E-state index in [-0.39, 0.29) is 18.2 Å². The number of aryl methyl sites for hydroxylation is 4. The molecule has 0 spiro atoms. The summed E-state index contributed by atoms with van der Waals surface area (Å²) in [5.74, 6) is -0.0553. The highest BCUT2D eigenvalue weighted by atomic mass is 32.1. The maximum atomic E-state index is 10.9. The predicted molar refractivity (Wildman–Crippen MR) is 168 cm³/mol. The molecule has 38 heavy (non-hydrogen) atoms. The lowest BCUT2D eigenvalue weighted by Crippen LogP contribution is -2.04. The molecule has 0 amide bonds. The molecule has 0 radical (unpaired) electrons. The monoisotopic (exact) mass is 561 g/mol. The van der Waals surface area contributed by atoms with Gasteiger partial charge < -0.3 is 4.74 Å². The first-order chi connectivity index (χ1) is 18.4. The van der Waals surface area contributed by atoms with E-state index < -0.39 is 0 Å². The minimum atomic E-state index is -0.233. The van der Waals surface area contributed by atoms with Crippen molar-refractivity contribution in [2.75, 3.05) is 7.11 Å². The molecule has 0 atom stereocenters. The number of thiophene rings is 1. The second-order valence-corrected chi connectivity index (χ2v) is 9.89. The van der Waals surface area contributed by atoms with E-state index in [0.717, 1.165) is 41.3 Å². The van der Waals surface area contributed by atoms with Gasteiger partial charge in [0.2, 0.25) is 0 Å². The first kappa shape index (κ1) is 37.8. The van der Waals surface area contributed by atoms with Crippen molar-refractivity contribution in [3.8, 4) is 0 Å². The van der Waals surface area contributed by atoms with Crippen molar-refractivity contribution in [1.29, 1.82) is 0 Å². The molecule has 0 fully saturated rings. The number of carbonyl (C=O) groups excluding carboxylic acids is 2. The summed E-state index contributed by atoms with van der Waals surface area (Å²) in [5.41, 5.74) is 3.84. The fraction of sp³-hybridized carbons (Fsp3) is 0.531. The molecule has 3 rings (SSSR count). The number of hydrogen-bond acceptors (Lipinski definition) is 6.